The Labute approximate surface area is 129 Å². The van der Waals surface area contributed by atoms with Crippen LogP contribution in [0.3, 0.4) is 0 Å². The molecule has 0 atom stereocenters. The number of nitro groups is 1. The maximum absolute atomic E-state index is 12.6. The monoisotopic (exact) mass is 309 g/mol. The van der Waals surface area contributed by atoms with Gasteiger partial charge in [0, 0.05) is 17.7 Å². The fraction of sp³-hybridized carbons (Fsp3) is 0. The second kappa shape index (κ2) is 5.72. The summed E-state index contributed by atoms with van der Waals surface area (Å²) in [7, 11) is 0. The molecule has 0 aliphatic rings. The molecule has 1 heterocycles. The van der Waals surface area contributed by atoms with Crippen LogP contribution in [0.4, 0.5) is 5.69 Å². The molecule has 2 N–H and O–H groups in total. The molecule has 0 fully saturated rings. The van der Waals surface area contributed by atoms with Crippen LogP contribution in [0, 0.1) is 10.1 Å². The Bertz CT molecular complexity index is 975. The first kappa shape index (κ1) is 14.5. The molecule has 23 heavy (non-hydrogen) atoms. The summed E-state index contributed by atoms with van der Waals surface area (Å²) >= 11 is 0. The highest BCUT2D eigenvalue weighted by Crippen LogP contribution is 2.17. The zero-order valence-corrected chi connectivity index (χ0v) is 11.8. The highest BCUT2D eigenvalue weighted by molar-refractivity contribution is 6.13. The van der Waals surface area contributed by atoms with Crippen LogP contribution < -0.4 is 11.3 Å². The van der Waals surface area contributed by atoms with Gasteiger partial charge >= 0.3 is 0 Å². The average Bonchev–Trinajstić information content (AvgIpc) is 2.58. The number of nitrogens with two attached hydrogens (primary N) is 1. The van der Waals surface area contributed by atoms with Gasteiger partial charge in [-0.1, -0.05) is 12.1 Å². The summed E-state index contributed by atoms with van der Waals surface area (Å²) in [6.45, 7) is 0. The van der Waals surface area contributed by atoms with Gasteiger partial charge in [-0.05, 0) is 24.3 Å². The molecule has 0 spiro atoms. The predicted octanol–water partition coefficient (Wildman–Crippen LogP) is 2.41. The van der Waals surface area contributed by atoms with E-state index in [1.165, 1.54) is 30.5 Å². The number of rotatable bonds is 3. The van der Waals surface area contributed by atoms with Crippen LogP contribution in [0.2, 0.25) is 0 Å². The number of benzene rings is 2. The molecular formula is C16H11N3O4. The Kier molecular flexibility index (Phi) is 3.60. The van der Waals surface area contributed by atoms with E-state index < -0.39 is 4.92 Å². The molecular weight excluding hydrogens is 298 g/mol. The highest BCUT2D eigenvalue weighted by atomic mass is 16.6. The molecule has 0 bridgehead atoms. The minimum atomic E-state index is -0.507. The highest BCUT2D eigenvalue weighted by Gasteiger charge is 2.15. The molecule has 0 aliphatic carbocycles. The van der Waals surface area contributed by atoms with Crippen molar-refractivity contribution in [3.8, 4) is 0 Å². The third-order valence-electron chi connectivity index (χ3n) is 3.42. The van der Waals surface area contributed by atoms with Gasteiger partial charge in [0.2, 0.25) is 5.43 Å². The van der Waals surface area contributed by atoms with Gasteiger partial charge in [0.15, 0.2) is 0 Å². The lowest BCUT2D eigenvalue weighted by Crippen LogP contribution is -2.18. The molecule has 0 saturated carbocycles. The van der Waals surface area contributed by atoms with Gasteiger partial charge in [-0.25, -0.2) is 0 Å². The molecule has 3 rings (SSSR count). The normalized spacial score (nSPS) is 11.6. The topological polar surface area (TPSA) is 112 Å². The van der Waals surface area contributed by atoms with E-state index in [2.05, 4.69) is 5.10 Å². The van der Waals surface area contributed by atoms with Crippen molar-refractivity contribution in [2.45, 2.75) is 0 Å². The fourth-order valence-corrected chi connectivity index (χ4v) is 2.28. The molecule has 0 saturated heterocycles. The number of nitro benzene ring substituents is 1. The third kappa shape index (κ3) is 2.55. The SMILES string of the molecule is N/N=C(/c1ccc([N+](=O)[O-])cc1)c1coc2ccccc2c1=O. The number of non-ortho nitro benzene ring substituents is 1. The summed E-state index contributed by atoms with van der Waals surface area (Å²) in [6, 6.07) is 12.4. The van der Waals surface area contributed by atoms with Crippen molar-refractivity contribution in [1.29, 1.82) is 0 Å². The number of hydrogen-bond donors (Lipinski definition) is 1. The molecule has 3 aromatic rings. The van der Waals surface area contributed by atoms with E-state index in [0.29, 0.717) is 16.5 Å². The summed E-state index contributed by atoms with van der Waals surface area (Å²) in [5.74, 6) is 5.42. The van der Waals surface area contributed by atoms with Gasteiger partial charge in [-0.2, -0.15) is 5.10 Å². The molecule has 0 radical (unpaired) electrons. The van der Waals surface area contributed by atoms with Crippen molar-refractivity contribution in [3.05, 3.63) is 86.3 Å². The zero-order valence-electron chi connectivity index (χ0n) is 11.8. The molecule has 2 aromatic carbocycles. The Morgan fingerprint density at radius 2 is 1.83 bits per heavy atom. The van der Waals surface area contributed by atoms with Gasteiger partial charge in [0.25, 0.3) is 5.69 Å². The number of para-hydroxylation sites is 1. The largest absolute Gasteiger partial charge is 0.463 e. The maximum atomic E-state index is 12.6. The van der Waals surface area contributed by atoms with Gasteiger partial charge in [0.05, 0.1) is 15.9 Å². The van der Waals surface area contributed by atoms with Crippen molar-refractivity contribution >= 4 is 22.4 Å². The van der Waals surface area contributed by atoms with Crippen LogP contribution in [0.1, 0.15) is 11.1 Å². The summed E-state index contributed by atoms with van der Waals surface area (Å²) in [4.78, 5) is 22.8. The molecule has 7 heteroatoms. The number of hydrazone groups is 1. The van der Waals surface area contributed by atoms with Crippen molar-refractivity contribution in [3.63, 3.8) is 0 Å². The van der Waals surface area contributed by atoms with Crippen molar-refractivity contribution in [1.82, 2.24) is 0 Å². The average molecular weight is 309 g/mol. The first-order valence-corrected chi connectivity index (χ1v) is 6.65. The summed E-state index contributed by atoms with van der Waals surface area (Å²) in [5, 5.41) is 14.8. The second-order valence-electron chi connectivity index (χ2n) is 4.76. The quantitative estimate of drug-likeness (QED) is 0.345. The lowest BCUT2D eigenvalue weighted by molar-refractivity contribution is -0.384. The van der Waals surface area contributed by atoms with E-state index in [4.69, 9.17) is 10.3 Å². The number of hydrogen-bond acceptors (Lipinski definition) is 6. The zero-order chi connectivity index (χ0) is 16.4. The first-order chi connectivity index (χ1) is 11.1. The molecule has 0 unspecified atom stereocenters. The summed E-state index contributed by atoms with van der Waals surface area (Å²) < 4.78 is 5.45. The standard InChI is InChI=1S/C16H11N3O4/c17-18-15(10-5-7-11(8-6-10)19(21)22)13-9-23-14-4-2-1-3-12(14)16(13)20/h1-9H,17H2/b18-15-. The van der Waals surface area contributed by atoms with Crippen LogP contribution in [-0.2, 0) is 0 Å². The van der Waals surface area contributed by atoms with Gasteiger partial charge < -0.3 is 10.3 Å². The van der Waals surface area contributed by atoms with Crippen LogP contribution in [0.5, 0.6) is 0 Å². The van der Waals surface area contributed by atoms with E-state index in [9.17, 15) is 14.9 Å². The Morgan fingerprint density at radius 3 is 2.48 bits per heavy atom. The Hall–Kier alpha value is -3.48. The third-order valence-corrected chi connectivity index (χ3v) is 3.42. The Balaban J connectivity index is 2.13. The van der Waals surface area contributed by atoms with Crippen molar-refractivity contribution in [2.75, 3.05) is 0 Å². The van der Waals surface area contributed by atoms with E-state index >= 15 is 0 Å². The smallest absolute Gasteiger partial charge is 0.269 e. The van der Waals surface area contributed by atoms with Gasteiger partial charge in [-0.15, -0.1) is 0 Å². The first-order valence-electron chi connectivity index (χ1n) is 6.65. The van der Waals surface area contributed by atoms with Crippen LogP contribution in [0.25, 0.3) is 11.0 Å². The molecule has 0 aliphatic heterocycles. The van der Waals surface area contributed by atoms with E-state index in [0.717, 1.165) is 0 Å². The van der Waals surface area contributed by atoms with Crippen molar-refractivity contribution in [2.24, 2.45) is 10.9 Å². The number of fused-ring (bicyclic) bond motifs is 1. The van der Waals surface area contributed by atoms with E-state index in [1.807, 2.05) is 0 Å². The summed E-state index contributed by atoms with van der Waals surface area (Å²) in [6.07, 6.45) is 1.29. The molecule has 0 amide bonds. The lowest BCUT2D eigenvalue weighted by atomic mass is 10.0. The minimum absolute atomic E-state index is 0.0596. The molecule has 114 valence electrons. The maximum Gasteiger partial charge on any atom is 0.269 e. The van der Waals surface area contributed by atoms with Crippen LogP contribution >= 0.6 is 0 Å². The van der Waals surface area contributed by atoms with Crippen molar-refractivity contribution < 1.29 is 9.34 Å². The number of nitrogens with zero attached hydrogens (tertiary/aromatic N) is 2. The lowest BCUT2D eigenvalue weighted by Gasteiger charge is -2.05. The molecule has 7 nitrogen and oxygen atoms in total. The van der Waals surface area contributed by atoms with E-state index in [-0.39, 0.29) is 22.4 Å². The second-order valence-corrected chi connectivity index (χ2v) is 4.76. The summed E-state index contributed by atoms with van der Waals surface area (Å²) in [5.41, 5.74) is 1.02. The van der Waals surface area contributed by atoms with E-state index in [1.54, 1.807) is 24.3 Å². The predicted molar refractivity (Wildman–Crippen MR) is 85.4 cm³/mol. The van der Waals surface area contributed by atoms with Gasteiger partial charge in [-0.3, -0.25) is 14.9 Å². The van der Waals surface area contributed by atoms with Crippen LogP contribution in [0.15, 0.2) is 69.1 Å². The minimum Gasteiger partial charge on any atom is -0.463 e. The molecule has 1 aromatic heterocycles. The fourth-order valence-electron chi connectivity index (χ4n) is 2.28. The Morgan fingerprint density at radius 1 is 1.13 bits per heavy atom. The van der Waals surface area contributed by atoms with Gasteiger partial charge in [0.1, 0.15) is 17.6 Å². The van der Waals surface area contributed by atoms with Crippen LogP contribution in [-0.4, -0.2) is 10.6 Å².